The van der Waals surface area contributed by atoms with Gasteiger partial charge in [0.2, 0.25) is 5.88 Å². The zero-order valence-corrected chi connectivity index (χ0v) is 13.2. The maximum Gasteiger partial charge on any atom is 0.258 e. The average Bonchev–Trinajstić information content (AvgIpc) is 2.77. The predicted octanol–water partition coefficient (Wildman–Crippen LogP) is 4.22. The highest BCUT2D eigenvalue weighted by molar-refractivity contribution is 6.42. The largest absolute Gasteiger partial charge is 0.443 e. The van der Waals surface area contributed by atoms with E-state index in [1.807, 2.05) is 6.07 Å². The lowest BCUT2D eigenvalue weighted by Gasteiger charge is -2.04. The summed E-state index contributed by atoms with van der Waals surface area (Å²) in [5, 5.41) is 12.2. The number of aryl methyl sites for hydroxylation is 1. The minimum absolute atomic E-state index is 0.00147. The van der Waals surface area contributed by atoms with E-state index in [2.05, 4.69) is 5.32 Å². The molecule has 2 aromatic rings. The summed E-state index contributed by atoms with van der Waals surface area (Å²) in [5.41, 5.74) is 0.405. The highest BCUT2D eigenvalue weighted by Crippen LogP contribution is 2.28. The van der Waals surface area contributed by atoms with Gasteiger partial charge in [-0.1, -0.05) is 23.2 Å². The van der Waals surface area contributed by atoms with Gasteiger partial charge in [0.1, 0.15) is 17.4 Å². The van der Waals surface area contributed by atoms with Gasteiger partial charge in [-0.15, -0.1) is 0 Å². The first kappa shape index (κ1) is 16.1. The zero-order valence-electron chi connectivity index (χ0n) is 11.7. The molecule has 0 aliphatic heterocycles. The number of Topliss-reactive ketones (excluding diaryl/α,β-unsaturated/α-hetero) is 1. The van der Waals surface area contributed by atoms with E-state index in [9.17, 15) is 14.9 Å². The van der Waals surface area contributed by atoms with Crippen molar-refractivity contribution in [3.63, 3.8) is 0 Å². The molecule has 0 aliphatic rings. The van der Waals surface area contributed by atoms with Crippen LogP contribution in [0.1, 0.15) is 39.0 Å². The van der Waals surface area contributed by atoms with Crippen molar-refractivity contribution in [2.45, 2.75) is 13.8 Å². The van der Waals surface area contributed by atoms with Crippen molar-refractivity contribution < 1.29 is 14.0 Å². The molecule has 0 radical (unpaired) electrons. The highest BCUT2D eigenvalue weighted by atomic mass is 35.5. The van der Waals surface area contributed by atoms with Crippen molar-refractivity contribution in [1.82, 2.24) is 0 Å². The van der Waals surface area contributed by atoms with Crippen LogP contribution >= 0.6 is 23.2 Å². The molecule has 1 amide bonds. The summed E-state index contributed by atoms with van der Waals surface area (Å²) < 4.78 is 5.31. The Bertz CT molecular complexity index is 819. The van der Waals surface area contributed by atoms with Gasteiger partial charge in [0.15, 0.2) is 5.78 Å². The van der Waals surface area contributed by atoms with Crippen molar-refractivity contribution in [2.24, 2.45) is 0 Å². The van der Waals surface area contributed by atoms with Crippen LogP contribution in [0.4, 0.5) is 5.88 Å². The average molecular weight is 337 g/mol. The molecule has 0 bridgehead atoms. The third kappa shape index (κ3) is 2.98. The van der Waals surface area contributed by atoms with Crippen LogP contribution in [0.2, 0.25) is 10.0 Å². The van der Waals surface area contributed by atoms with E-state index in [4.69, 9.17) is 27.6 Å². The smallest absolute Gasteiger partial charge is 0.258 e. The third-order valence-corrected chi connectivity index (χ3v) is 3.70. The topological polar surface area (TPSA) is 83.1 Å². The Balaban J connectivity index is 2.37. The molecule has 1 aromatic carbocycles. The molecule has 0 atom stereocenters. The van der Waals surface area contributed by atoms with Crippen LogP contribution in [-0.2, 0) is 0 Å². The number of nitrogens with zero attached hydrogens (tertiary/aromatic N) is 1. The number of ketones is 1. The Labute approximate surface area is 136 Å². The van der Waals surface area contributed by atoms with Gasteiger partial charge in [0, 0.05) is 5.56 Å². The van der Waals surface area contributed by atoms with Crippen LogP contribution in [0, 0.1) is 18.3 Å². The lowest BCUT2D eigenvalue weighted by atomic mass is 10.1. The molecule has 0 unspecified atom stereocenters. The minimum atomic E-state index is -0.529. The van der Waals surface area contributed by atoms with Gasteiger partial charge in [0.25, 0.3) is 5.91 Å². The van der Waals surface area contributed by atoms with Gasteiger partial charge < -0.3 is 4.42 Å². The molecule has 22 heavy (non-hydrogen) atoms. The molecular formula is C15H10Cl2N2O3. The second-order valence-electron chi connectivity index (χ2n) is 4.49. The first-order valence-corrected chi connectivity index (χ1v) is 6.91. The van der Waals surface area contributed by atoms with Crippen molar-refractivity contribution in [1.29, 1.82) is 5.26 Å². The number of nitrogens with one attached hydrogen (secondary N) is 1. The molecule has 2 rings (SSSR count). The molecule has 0 aliphatic carbocycles. The second-order valence-corrected chi connectivity index (χ2v) is 5.30. The van der Waals surface area contributed by atoms with Crippen LogP contribution in [-0.4, -0.2) is 11.7 Å². The fourth-order valence-electron chi connectivity index (χ4n) is 1.98. The van der Waals surface area contributed by atoms with E-state index in [0.29, 0.717) is 5.02 Å². The summed E-state index contributed by atoms with van der Waals surface area (Å²) in [5.74, 6) is -0.637. The molecule has 1 aromatic heterocycles. The Morgan fingerprint density at radius 1 is 1.27 bits per heavy atom. The number of furan rings is 1. The summed E-state index contributed by atoms with van der Waals surface area (Å²) in [6.45, 7) is 2.87. The molecule has 0 saturated carbocycles. The Hall–Kier alpha value is -2.29. The van der Waals surface area contributed by atoms with Crippen molar-refractivity contribution >= 4 is 40.8 Å². The second kappa shape index (κ2) is 6.22. The van der Waals surface area contributed by atoms with Crippen molar-refractivity contribution in [2.75, 3.05) is 5.32 Å². The monoisotopic (exact) mass is 336 g/mol. The molecule has 0 spiro atoms. The number of halogens is 2. The quantitative estimate of drug-likeness (QED) is 0.850. The number of carbonyl (C=O) groups is 2. The predicted molar refractivity (Wildman–Crippen MR) is 82.6 cm³/mol. The van der Waals surface area contributed by atoms with Crippen LogP contribution in [0.5, 0.6) is 0 Å². The third-order valence-electron chi connectivity index (χ3n) is 2.96. The van der Waals surface area contributed by atoms with Gasteiger partial charge in [-0.05, 0) is 32.0 Å². The number of rotatable bonds is 3. The number of benzene rings is 1. The number of nitriles is 1. The van der Waals surface area contributed by atoms with Gasteiger partial charge >= 0.3 is 0 Å². The van der Waals surface area contributed by atoms with Gasteiger partial charge in [-0.2, -0.15) is 5.26 Å². The number of anilines is 1. The van der Waals surface area contributed by atoms with E-state index in [-0.39, 0.29) is 39.1 Å². The zero-order chi connectivity index (χ0) is 16.4. The van der Waals surface area contributed by atoms with E-state index in [1.54, 1.807) is 6.92 Å². The maximum absolute atomic E-state index is 12.2. The van der Waals surface area contributed by atoms with E-state index < -0.39 is 5.91 Å². The van der Waals surface area contributed by atoms with Crippen LogP contribution in [0.25, 0.3) is 0 Å². The molecule has 1 N–H and O–H groups in total. The Kier molecular flexibility index (Phi) is 4.55. The minimum Gasteiger partial charge on any atom is -0.443 e. The first-order chi connectivity index (χ1) is 10.3. The van der Waals surface area contributed by atoms with Crippen molar-refractivity contribution in [3.8, 4) is 6.07 Å². The lowest BCUT2D eigenvalue weighted by molar-refractivity contribution is 0.101. The van der Waals surface area contributed by atoms with E-state index >= 15 is 0 Å². The Morgan fingerprint density at radius 2 is 1.95 bits per heavy atom. The van der Waals surface area contributed by atoms with Crippen LogP contribution < -0.4 is 5.32 Å². The number of carbonyl (C=O) groups excluding carboxylic acids is 2. The molecular weight excluding hydrogens is 327 g/mol. The maximum atomic E-state index is 12.2. The summed E-state index contributed by atoms with van der Waals surface area (Å²) in [6.07, 6.45) is 0. The summed E-state index contributed by atoms with van der Waals surface area (Å²) in [6, 6.07) is 6.23. The summed E-state index contributed by atoms with van der Waals surface area (Å²) >= 11 is 11.6. The highest BCUT2D eigenvalue weighted by Gasteiger charge is 2.22. The fraction of sp³-hybridized carbons (Fsp3) is 0.133. The number of amides is 1. The molecule has 0 fully saturated rings. The lowest BCUT2D eigenvalue weighted by Crippen LogP contribution is -2.12. The number of hydrogen-bond donors (Lipinski definition) is 1. The van der Waals surface area contributed by atoms with Crippen LogP contribution in [0.3, 0.4) is 0 Å². The van der Waals surface area contributed by atoms with Gasteiger partial charge in [-0.3, -0.25) is 14.9 Å². The summed E-state index contributed by atoms with van der Waals surface area (Å²) in [7, 11) is 0. The molecule has 112 valence electrons. The van der Waals surface area contributed by atoms with Crippen LogP contribution in [0.15, 0.2) is 22.6 Å². The van der Waals surface area contributed by atoms with Crippen molar-refractivity contribution in [3.05, 3.63) is 50.7 Å². The summed E-state index contributed by atoms with van der Waals surface area (Å²) in [4.78, 5) is 23.7. The normalized spacial score (nSPS) is 10.1. The standard InChI is InChI=1S/C15H10Cl2N2O3/c1-7(20)13-8(2)22-15(10(13)6-18)19-14(21)9-3-4-11(16)12(17)5-9/h3-5H,1-2H3,(H,19,21). The Morgan fingerprint density at radius 3 is 2.50 bits per heavy atom. The van der Waals surface area contributed by atoms with Gasteiger partial charge in [0.05, 0.1) is 15.6 Å². The molecule has 0 saturated heterocycles. The van der Waals surface area contributed by atoms with E-state index in [0.717, 1.165) is 0 Å². The first-order valence-electron chi connectivity index (χ1n) is 6.16. The fourth-order valence-corrected chi connectivity index (χ4v) is 2.27. The molecule has 7 heteroatoms. The van der Waals surface area contributed by atoms with E-state index in [1.165, 1.54) is 25.1 Å². The number of hydrogen-bond acceptors (Lipinski definition) is 4. The molecule has 5 nitrogen and oxygen atoms in total. The molecule has 1 heterocycles. The SMILES string of the molecule is CC(=O)c1c(C)oc(NC(=O)c2ccc(Cl)c(Cl)c2)c1C#N. The van der Waals surface area contributed by atoms with Gasteiger partial charge in [-0.25, -0.2) is 0 Å².